The van der Waals surface area contributed by atoms with Crippen LogP contribution in [0.4, 0.5) is 5.69 Å². The van der Waals surface area contributed by atoms with Crippen molar-refractivity contribution < 1.29 is 14.3 Å². The Morgan fingerprint density at radius 2 is 1.71 bits per heavy atom. The number of fused-ring (bicyclic) bond motifs is 1. The van der Waals surface area contributed by atoms with Gasteiger partial charge in [0, 0.05) is 31.9 Å². The van der Waals surface area contributed by atoms with Crippen LogP contribution < -0.4 is 14.8 Å². The Kier molecular flexibility index (Phi) is 6.92. The molecule has 7 heteroatoms. The maximum atomic E-state index is 12.9. The fourth-order valence-electron chi connectivity index (χ4n) is 3.81. The van der Waals surface area contributed by atoms with Gasteiger partial charge in [-0.05, 0) is 54.9 Å². The molecule has 1 fully saturated rings. The largest absolute Gasteiger partial charge is 0.485 e. The highest BCUT2D eigenvalue weighted by molar-refractivity contribution is 7.80. The molecule has 164 valence electrons. The van der Waals surface area contributed by atoms with Crippen LogP contribution in [0, 0.1) is 0 Å². The van der Waals surface area contributed by atoms with Crippen molar-refractivity contribution in [3.63, 3.8) is 0 Å². The van der Waals surface area contributed by atoms with Crippen molar-refractivity contribution in [2.45, 2.75) is 32.3 Å². The highest BCUT2D eigenvalue weighted by Crippen LogP contribution is 2.31. The van der Waals surface area contributed by atoms with E-state index in [1.807, 2.05) is 29.2 Å². The van der Waals surface area contributed by atoms with Gasteiger partial charge in [-0.2, -0.15) is 0 Å². The van der Waals surface area contributed by atoms with E-state index < -0.39 is 6.10 Å². The van der Waals surface area contributed by atoms with E-state index in [0.717, 1.165) is 12.1 Å². The minimum absolute atomic E-state index is 0.0318. The average Bonchev–Trinajstić information content (AvgIpc) is 2.83. The van der Waals surface area contributed by atoms with Gasteiger partial charge in [0.05, 0.1) is 0 Å². The van der Waals surface area contributed by atoms with E-state index in [-0.39, 0.29) is 12.5 Å². The van der Waals surface area contributed by atoms with Crippen LogP contribution in [0.3, 0.4) is 0 Å². The zero-order chi connectivity index (χ0) is 21.6. The van der Waals surface area contributed by atoms with Gasteiger partial charge in [-0.1, -0.05) is 37.6 Å². The molecule has 2 heterocycles. The number of hydrogen-bond donors (Lipinski definition) is 1. The Labute approximate surface area is 189 Å². The number of piperazine rings is 1. The zero-order valence-corrected chi connectivity index (χ0v) is 18.7. The number of amides is 1. The van der Waals surface area contributed by atoms with Crippen molar-refractivity contribution in [3.05, 3.63) is 54.1 Å². The number of benzene rings is 2. The number of ether oxygens (including phenoxy) is 2. The van der Waals surface area contributed by atoms with Gasteiger partial charge >= 0.3 is 0 Å². The number of nitrogens with zero attached hydrogens (tertiary/aromatic N) is 2. The maximum absolute atomic E-state index is 12.9. The lowest BCUT2D eigenvalue weighted by atomic mass is 10.1. The molecule has 0 aliphatic carbocycles. The first-order valence-corrected chi connectivity index (χ1v) is 11.4. The summed E-state index contributed by atoms with van der Waals surface area (Å²) < 4.78 is 11.6. The van der Waals surface area contributed by atoms with E-state index in [9.17, 15) is 4.79 Å². The van der Waals surface area contributed by atoms with Gasteiger partial charge in [-0.3, -0.25) is 4.79 Å². The SMILES string of the molecule is CCCCc1ccc(NC(=S)N2CCN(C(=O)C3COc4ccccc4O3)CC2)cc1. The molecule has 1 unspecified atom stereocenters. The third-order valence-corrected chi connectivity index (χ3v) is 6.05. The number of hydrogen-bond acceptors (Lipinski definition) is 4. The molecule has 2 aliphatic rings. The second-order valence-corrected chi connectivity index (χ2v) is 8.29. The van der Waals surface area contributed by atoms with Gasteiger partial charge in [0.1, 0.15) is 6.61 Å². The quantitative estimate of drug-likeness (QED) is 0.717. The summed E-state index contributed by atoms with van der Waals surface area (Å²) in [5, 5.41) is 4.02. The summed E-state index contributed by atoms with van der Waals surface area (Å²) in [6.45, 7) is 5.05. The number of anilines is 1. The second kappa shape index (κ2) is 10.0. The molecule has 1 N–H and O–H groups in total. The fraction of sp³-hybridized carbons (Fsp3) is 0.417. The molecule has 0 saturated carbocycles. The summed E-state index contributed by atoms with van der Waals surface area (Å²) >= 11 is 5.60. The molecular formula is C24H29N3O3S. The van der Waals surface area contributed by atoms with E-state index in [0.29, 0.717) is 42.8 Å². The van der Waals surface area contributed by atoms with E-state index in [4.69, 9.17) is 21.7 Å². The molecule has 31 heavy (non-hydrogen) atoms. The van der Waals surface area contributed by atoms with Crippen molar-refractivity contribution >= 4 is 28.9 Å². The monoisotopic (exact) mass is 439 g/mol. The Balaban J connectivity index is 1.25. The molecule has 6 nitrogen and oxygen atoms in total. The highest BCUT2D eigenvalue weighted by atomic mass is 32.1. The Morgan fingerprint density at radius 3 is 2.42 bits per heavy atom. The van der Waals surface area contributed by atoms with Crippen molar-refractivity contribution in [1.29, 1.82) is 0 Å². The topological polar surface area (TPSA) is 54.0 Å². The van der Waals surface area contributed by atoms with Crippen LogP contribution >= 0.6 is 12.2 Å². The van der Waals surface area contributed by atoms with Crippen molar-refractivity contribution in [1.82, 2.24) is 9.80 Å². The first-order chi connectivity index (χ1) is 15.1. The smallest absolute Gasteiger partial charge is 0.267 e. The van der Waals surface area contributed by atoms with Gasteiger partial charge in [0.2, 0.25) is 6.10 Å². The number of carbonyl (C=O) groups excluding carboxylic acids is 1. The summed E-state index contributed by atoms with van der Waals surface area (Å²) in [5.41, 5.74) is 2.34. The molecule has 0 aromatic heterocycles. The summed E-state index contributed by atoms with van der Waals surface area (Å²) in [7, 11) is 0. The molecule has 4 rings (SSSR count). The minimum Gasteiger partial charge on any atom is -0.485 e. The molecule has 2 aromatic carbocycles. The zero-order valence-electron chi connectivity index (χ0n) is 17.9. The highest BCUT2D eigenvalue weighted by Gasteiger charge is 2.33. The summed E-state index contributed by atoms with van der Waals surface area (Å²) in [4.78, 5) is 16.8. The van der Waals surface area contributed by atoms with Crippen LogP contribution in [0.25, 0.3) is 0 Å². The third kappa shape index (κ3) is 5.28. The van der Waals surface area contributed by atoms with Crippen molar-refractivity contribution in [2.24, 2.45) is 0 Å². The van der Waals surface area contributed by atoms with E-state index in [2.05, 4.69) is 41.4 Å². The summed E-state index contributed by atoms with van der Waals surface area (Å²) in [6, 6.07) is 15.9. The number of nitrogens with one attached hydrogen (secondary N) is 1. The number of rotatable bonds is 5. The van der Waals surface area contributed by atoms with Crippen molar-refractivity contribution in [2.75, 3.05) is 38.1 Å². The van der Waals surface area contributed by atoms with Crippen LogP contribution in [-0.2, 0) is 11.2 Å². The Bertz CT molecular complexity index is 911. The summed E-state index contributed by atoms with van der Waals surface area (Å²) in [5.74, 6) is 1.28. The Morgan fingerprint density at radius 1 is 1.03 bits per heavy atom. The molecular weight excluding hydrogens is 410 g/mol. The Hall–Kier alpha value is -2.80. The minimum atomic E-state index is -0.599. The van der Waals surface area contributed by atoms with Crippen LogP contribution in [0.1, 0.15) is 25.3 Å². The van der Waals surface area contributed by atoms with Crippen LogP contribution in [0.5, 0.6) is 11.5 Å². The number of para-hydroxylation sites is 2. The number of aryl methyl sites for hydroxylation is 1. The lowest BCUT2D eigenvalue weighted by Gasteiger charge is -2.38. The predicted octanol–water partition coefficient (Wildman–Crippen LogP) is 3.71. The fourth-order valence-corrected chi connectivity index (χ4v) is 4.11. The molecule has 0 radical (unpaired) electrons. The van der Waals surface area contributed by atoms with Gasteiger partial charge in [0.25, 0.3) is 5.91 Å². The predicted molar refractivity (Wildman–Crippen MR) is 126 cm³/mol. The molecule has 0 bridgehead atoms. The molecule has 2 aromatic rings. The lowest BCUT2D eigenvalue weighted by molar-refractivity contribution is -0.142. The van der Waals surface area contributed by atoms with Gasteiger partial charge in [-0.15, -0.1) is 0 Å². The van der Waals surface area contributed by atoms with Gasteiger partial charge in [-0.25, -0.2) is 0 Å². The second-order valence-electron chi connectivity index (χ2n) is 7.91. The van der Waals surface area contributed by atoms with Gasteiger partial charge in [0.15, 0.2) is 16.6 Å². The van der Waals surface area contributed by atoms with E-state index in [1.165, 1.54) is 18.4 Å². The average molecular weight is 440 g/mol. The van der Waals surface area contributed by atoms with Gasteiger partial charge < -0.3 is 24.6 Å². The maximum Gasteiger partial charge on any atom is 0.267 e. The lowest BCUT2D eigenvalue weighted by Crippen LogP contribution is -2.55. The number of thiocarbonyl (C=S) groups is 1. The standard InChI is InChI=1S/C24H29N3O3S/c1-2-3-6-18-9-11-19(12-10-18)25-24(31)27-15-13-26(14-16-27)23(28)22-17-29-20-7-4-5-8-21(20)30-22/h4-5,7-12,22H,2-3,6,13-17H2,1H3,(H,25,31). The molecule has 2 aliphatic heterocycles. The summed E-state index contributed by atoms with van der Waals surface area (Å²) in [6.07, 6.45) is 2.92. The van der Waals surface area contributed by atoms with Crippen LogP contribution in [0.15, 0.2) is 48.5 Å². The number of carbonyl (C=O) groups is 1. The first kappa shape index (κ1) is 21.4. The molecule has 0 spiro atoms. The third-order valence-electron chi connectivity index (χ3n) is 5.69. The number of unbranched alkanes of at least 4 members (excludes halogenated alkanes) is 1. The normalized spacial score (nSPS) is 17.9. The molecule has 1 atom stereocenters. The van der Waals surface area contributed by atoms with E-state index >= 15 is 0 Å². The van der Waals surface area contributed by atoms with Crippen molar-refractivity contribution in [3.8, 4) is 11.5 Å². The van der Waals surface area contributed by atoms with E-state index in [1.54, 1.807) is 0 Å². The van der Waals surface area contributed by atoms with Crippen LogP contribution in [0.2, 0.25) is 0 Å². The first-order valence-electron chi connectivity index (χ1n) is 11.0. The van der Waals surface area contributed by atoms with Crippen LogP contribution in [-0.4, -0.2) is 59.7 Å². The molecule has 1 amide bonds. The molecule has 1 saturated heterocycles.